The molecule has 0 radical (unpaired) electrons. The Morgan fingerprint density at radius 2 is 1.78 bits per heavy atom. The van der Waals surface area contributed by atoms with Crippen molar-refractivity contribution in [1.29, 1.82) is 0 Å². The number of amides is 1. The van der Waals surface area contributed by atoms with Crippen LogP contribution in [-0.2, 0) is 15.9 Å². The Morgan fingerprint density at radius 3 is 2.49 bits per heavy atom. The van der Waals surface area contributed by atoms with Crippen molar-refractivity contribution in [2.24, 2.45) is 0 Å². The Balaban J connectivity index is 1.24. The van der Waals surface area contributed by atoms with Crippen molar-refractivity contribution in [1.82, 2.24) is 9.88 Å². The maximum Gasteiger partial charge on any atom is 0.416 e. The number of hydrogen-bond donors (Lipinski definition) is 1. The zero-order chi connectivity index (χ0) is 28.6. The Bertz CT molecular complexity index is 1530. The van der Waals surface area contributed by atoms with Crippen LogP contribution < -0.4 is 14.2 Å². The number of fused-ring (bicyclic) bond motifs is 3. The molecule has 0 spiro atoms. The molecule has 4 aromatic rings. The summed E-state index contributed by atoms with van der Waals surface area (Å²) >= 11 is 6.34. The predicted molar refractivity (Wildman–Crippen MR) is 156 cm³/mol. The average molecular weight is 577 g/mol. The van der Waals surface area contributed by atoms with E-state index in [0.717, 1.165) is 39.9 Å². The maximum atomic E-state index is 13.6. The van der Waals surface area contributed by atoms with Crippen LogP contribution >= 0.6 is 11.6 Å². The molecule has 1 aromatic heterocycles. The second-order valence-corrected chi connectivity index (χ2v) is 11.2. The maximum absolute atomic E-state index is 13.6. The molecule has 2 unspecified atom stereocenters. The molecule has 2 aliphatic rings. The predicted octanol–water partition coefficient (Wildman–Crippen LogP) is 6.90. The fourth-order valence-electron chi connectivity index (χ4n) is 5.57. The van der Waals surface area contributed by atoms with Crippen LogP contribution in [0.5, 0.6) is 17.2 Å². The highest BCUT2D eigenvalue weighted by molar-refractivity contribution is 6.31. The molecule has 1 saturated heterocycles. The van der Waals surface area contributed by atoms with Gasteiger partial charge in [-0.15, -0.1) is 0 Å². The number of aromatic nitrogens is 1. The van der Waals surface area contributed by atoms with Gasteiger partial charge in [0.1, 0.15) is 23.3 Å². The van der Waals surface area contributed by atoms with Crippen LogP contribution in [-0.4, -0.2) is 54.7 Å². The molecule has 3 heterocycles. The molecule has 6 rings (SSSR count). The molecule has 0 bridgehead atoms. The Morgan fingerprint density at radius 1 is 1.05 bits per heavy atom. The van der Waals surface area contributed by atoms with Crippen molar-refractivity contribution in [3.63, 3.8) is 0 Å². The van der Waals surface area contributed by atoms with E-state index in [-0.39, 0.29) is 12.1 Å². The molecule has 2 aliphatic heterocycles. The van der Waals surface area contributed by atoms with Crippen LogP contribution in [0, 0.1) is 0 Å². The lowest BCUT2D eigenvalue weighted by Crippen LogP contribution is -2.42. The van der Waals surface area contributed by atoms with E-state index in [1.807, 2.05) is 56.3 Å². The zero-order valence-corrected chi connectivity index (χ0v) is 24.1. The van der Waals surface area contributed by atoms with Gasteiger partial charge in [-0.1, -0.05) is 23.7 Å². The number of H-pyrrole nitrogens is 1. The third-order valence-electron chi connectivity index (χ3n) is 7.56. The second kappa shape index (κ2) is 11.3. The van der Waals surface area contributed by atoms with E-state index in [1.165, 1.54) is 0 Å². The van der Waals surface area contributed by atoms with Crippen LogP contribution in [0.15, 0.2) is 66.7 Å². The van der Waals surface area contributed by atoms with Crippen molar-refractivity contribution in [2.75, 3.05) is 26.9 Å². The van der Waals surface area contributed by atoms with E-state index >= 15 is 0 Å². The number of hydrogen-bond acceptors (Lipinski definition) is 6. The minimum Gasteiger partial charge on any atom is -0.497 e. The van der Waals surface area contributed by atoms with Gasteiger partial charge >= 0.3 is 6.09 Å². The lowest BCUT2D eigenvalue weighted by molar-refractivity contribution is -0.139. The van der Waals surface area contributed by atoms with Crippen molar-refractivity contribution in [2.45, 2.75) is 44.6 Å². The van der Waals surface area contributed by atoms with Crippen LogP contribution in [0.1, 0.15) is 43.1 Å². The second-order valence-electron chi connectivity index (χ2n) is 10.8. The summed E-state index contributed by atoms with van der Waals surface area (Å²) in [6.45, 7) is 5.41. The Labute approximate surface area is 244 Å². The topological polar surface area (TPSA) is 82.3 Å². The Kier molecular flexibility index (Phi) is 7.55. The number of halogens is 1. The van der Waals surface area contributed by atoms with Gasteiger partial charge in [-0.05, 0) is 86.0 Å². The van der Waals surface area contributed by atoms with E-state index in [9.17, 15) is 4.79 Å². The fourth-order valence-corrected chi connectivity index (χ4v) is 5.74. The number of carbonyl (C=O) groups is 1. The third kappa shape index (κ3) is 5.86. The summed E-state index contributed by atoms with van der Waals surface area (Å²) in [7, 11) is 1.60. The van der Waals surface area contributed by atoms with Gasteiger partial charge in [0.25, 0.3) is 0 Å². The highest BCUT2D eigenvalue weighted by atomic mass is 35.5. The fraction of sp³-hybridized carbons (Fsp3) is 0.344. The van der Waals surface area contributed by atoms with Gasteiger partial charge < -0.3 is 28.7 Å². The van der Waals surface area contributed by atoms with Crippen LogP contribution in [0.25, 0.3) is 10.9 Å². The van der Waals surface area contributed by atoms with E-state index in [0.29, 0.717) is 42.7 Å². The van der Waals surface area contributed by atoms with Crippen LogP contribution in [0.3, 0.4) is 0 Å². The van der Waals surface area contributed by atoms with Gasteiger partial charge in [0.15, 0.2) is 5.79 Å². The van der Waals surface area contributed by atoms with Gasteiger partial charge in [0, 0.05) is 34.6 Å². The zero-order valence-electron chi connectivity index (χ0n) is 23.3. The van der Waals surface area contributed by atoms with Gasteiger partial charge in [0.05, 0.1) is 26.4 Å². The Hall–Kier alpha value is -3.72. The van der Waals surface area contributed by atoms with Crippen LogP contribution in [0.2, 0.25) is 5.02 Å². The van der Waals surface area contributed by atoms with Crippen molar-refractivity contribution >= 4 is 28.6 Å². The highest BCUT2D eigenvalue weighted by Crippen LogP contribution is 2.40. The van der Waals surface area contributed by atoms with E-state index in [4.69, 9.17) is 35.3 Å². The first-order chi connectivity index (χ1) is 19.8. The molecule has 3 aromatic carbocycles. The number of aromatic amines is 1. The number of nitrogens with zero attached hydrogens (tertiary/aromatic N) is 1. The minimum atomic E-state index is -0.542. The molecule has 2 atom stereocenters. The molecular formula is C32H33ClN2O6. The molecule has 1 fully saturated rings. The number of methoxy groups -OCH3 is 1. The average Bonchev–Trinajstić information content (AvgIpc) is 3.51. The van der Waals surface area contributed by atoms with Gasteiger partial charge in [0.2, 0.25) is 0 Å². The summed E-state index contributed by atoms with van der Waals surface area (Å²) in [5.74, 6) is 1.35. The van der Waals surface area contributed by atoms with E-state index in [2.05, 4.69) is 4.98 Å². The summed E-state index contributed by atoms with van der Waals surface area (Å²) in [5.41, 5.74) is 4.03. The summed E-state index contributed by atoms with van der Waals surface area (Å²) < 4.78 is 28.5. The number of rotatable bonds is 7. The highest BCUT2D eigenvalue weighted by Gasteiger charge is 2.36. The molecule has 214 valence electrons. The summed E-state index contributed by atoms with van der Waals surface area (Å²) in [6, 6.07) is 20.3. The quantitative estimate of drug-likeness (QED) is 0.258. The van der Waals surface area contributed by atoms with Crippen molar-refractivity contribution < 1.29 is 28.5 Å². The monoisotopic (exact) mass is 576 g/mol. The van der Waals surface area contributed by atoms with Crippen molar-refractivity contribution in [3.8, 4) is 17.2 Å². The first-order valence-electron chi connectivity index (χ1n) is 13.8. The number of carbonyl (C=O) groups excluding carboxylic acids is 1. The summed E-state index contributed by atoms with van der Waals surface area (Å²) in [6.07, 6.45) is 1.00. The smallest absolute Gasteiger partial charge is 0.416 e. The number of nitrogens with one attached hydrogen (secondary N) is 1. The molecule has 0 saturated carbocycles. The normalized spacial score (nSPS) is 19.7. The summed E-state index contributed by atoms with van der Waals surface area (Å²) in [5, 5.41) is 1.75. The van der Waals surface area contributed by atoms with E-state index in [1.54, 1.807) is 36.3 Å². The van der Waals surface area contributed by atoms with E-state index < -0.39 is 11.9 Å². The number of benzene rings is 3. The molecule has 1 N–H and O–H groups in total. The van der Waals surface area contributed by atoms with Gasteiger partial charge in [-0.25, -0.2) is 4.79 Å². The largest absolute Gasteiger partial charge is 0.497 e. The van der Waals surface area contributed by atoms with Crippen molar-refractivity contribution in [3.05, 3.63) is 88.6 Å². The molecule has 41 heavy (non-hydrogen) atoms. The SMILES string of the molecule is COc1ccc(OC(=O)N2CCc3c([nH]c4ccc(Cl)cc34)C2c2ccc(OCCC3COC(C)(C)O3)cc2)cc1. The standard InChI is InChI=1S/C32H33ClN2O6/c1-32(2)39-19-25(41-32)15-17-38-23-7-4-20(5-8-23)30-29-26(27-18-21(33)6-13-28(27)34-29)14-16-35(30)31(36)40-24-11-9-22(37-3)10-12-24/h4-13,18,25,30,34H,14-17,19H2,1-3H3. The molecular weight excluding hydrogens is 544 g/mol. The molecule has 0 aliphatic carbocycles. The summed E-state index contributed by atoms with van der Waals surface area (Å²) in [4.78, 5) is 18.9. The number of ether oxygens (including phenoxy) is 5. The first kappa shape index (κ1) is 27.4. The first-order valence-corrected chi connectivity index (χ1v) is 14.1. The van der Waals surface area contributed by atoms with Gasteiger partial charge in [-0.3, -0.25) is 4.90 Å². The third-order valence-corrected chi connectivity index (χ3v) is 7.79. The lowest BCUT2D eigenvalue weighted by atomic mass is 9.92. The minimum absolute atomic E-state index is 0.0192. The molecule has 1 amide bonds. The molecule has 9 heteroatoms. The lowest BCUT2D eigenvalue weighted by Gasteiger charge is -2.35. The van der Waals surface area contributed by atoms with Crippen LogP contribution in [0.4, 0.5) is 4.79 Å². The molecule has 8 nitrogen and oxygen atoms in total. The van der Waals surface area contributed by atoms with Gasteiger partial charge in [-0.2, -0.15) is 0 Å².